The molecule has 56 valence electrons. The van der Waals surface area contributed by atoms with E-state index in [1.54, 1.807) is 12.3 Å². The first-order valence-electron chi connectivity index (χ1n) is 3.39. The number of nitrogens with two attached hydrogens (primary N) is 1. The molecule has 0 aliphatic rings. The minimum atomic E-state index is 0.936. The van der Waals surface area contributed by atoms with Crippen molar-refractivity contribution in [3.05, 3.63) is 42.6 Å². The second-order valence-electron chi connectivity index (χ2n) is 2.00. The van der Waals surface area contributed by atoms with E-state index < -0.39 is 0 Å². The minimum absolute atomic E-state index is 0.936. The number of aliphatic imine (C=N–C) groups is 1. The smallest absolute Gasteiger partial charge is 0.0629 e. The van der Waals surface area contributed by atoms with Gasteiger partial charge in [0.15, 0.2) is 0 Å². The van der Waals surface area contributed by atoms with Gasteiger partial charge in [0.05, 0.1) is 5.69 Å². The fourth-order valence-electron chi connectivity index (χ4n) is 0.693. The third-order valence-corrected chi connectivity index (χ3v) is 1.18. The summed E-state index contributed by atoms with van der Waals surface area (Å²) in [6.07, 6.45) is 4.80. The summed E-state index contributed by atoms with van der Waals surface area (Å²) in [6.45, 7) is 0. The lowest BCUT2D eigenvalue weighted by Crippen LogP contribution is -1.75. The molecule has 0 aliphatic carbocycles. The molecule has 0 unspecified atom stereocenters. The van der Waals surface area contributed by atoms with Crippen LogP contribution in [0.2, 0.25) is 0 Å². The Morgan fingerprint density at radius 1 is 1.18 bits per heavy atom. The molecule has 0 saturated carbocycles. The SMILES string of the molecule is NC=CC=Nc1ccccc1. The molecular formula is C9H10N2. The van der Waals surface area contributed by atoms with Gasteiger partial charge in [-0.05, 0) is 24.4 Å². The van der Waals surface area contributed by atoms with Gasteiger partial charge in [0.2, 0.25) is 0 Å². The monoisotopic (exact) mass is 146 g/mol. The lowest BCUT2D eigenvalue weighted by atomic mass is 10.3. The molecule has 1 aromatic carbocycles. The Hall–Kier alpha value is -1.57. The van der Waals surface area contributed by atoms with Crippen molar-refractivity contribution in [2.24, 2.45) is 10.7 Å². The van der Waals surface area contributed by atoms with Crippen LogP contribution >= 0.6 is 0 Å². The molecule has 1 aromatic rings. The summed E-state index contributed by atoms with van der Waals surface area (Å²) in [7, 11) is 0. The number of hydrogen-bond donors (Lipinski definition) is 1. The average Bonchev–Trinajstić information content (AvgIpc) is 2.07. The molecule has 0 bridgehead atoms. The minimum Gasteiger partial charge on any atom is -0.405 e. The first-order chi connectivity index (χ1) is 5.43. The van der Waals surface area contributed by atoms with Gasteiger partial charge in [0.1, 0.15) is 0 Å². The fourth-order valence-corrected chi connectivity index (χ4v) is 0.693. The number of benzene rings is 1. The molecule has 11 heavy (non-hydrogen) atoms. The Morgan fingerprint density at radius 3 is 2.55 bits per heavy atom. The first kappa shape index (κ1) is 7.54. The van der Waals surface area contributed by atoms with E-state index in [2.05, 4.69) is 4.99 Å². The largest absolute Gasteiger partial charge is 0.405 e. The molecule has 0 amide bonds. The Labute approximate surface area is 66.1 Å². The van der Waals surface area contributed by atoms with Crippen molar-refractivity contribution in [2.45, 2.75) is 0 Å². The van der Waals surface area contributed by atoms with Crippen molar-refractivity contribution >= 4 is 11.9 Å². The third-order valence-electron chi connectivity index (χ3n) is 1.18. The first-order valence-corrected chi connectivity index (χ1v) is 3.39. The highest BCUT2D eigenvalue weighted by Crippen LogP contribution is 2.07. The maximum Gasteiger partial charge on any atom is 0.0629 e. The molecule has 0 saturated heterocycles. The van der Waals surface area contributed by atoms with Gasteiger partial charge in [-0.15, -0.1) is 0 Å². The molecule has 0 atom stereocenters. The zero-order valence-electron chi connectivity index (χ0n) is 6.14. The average molecular weight is 146 g/mol. The van der Waals surface area contributed by atoms with Gasteiger partial charge in [-0.1, -0.05) is 18.2 Å². The van der Waals surface area contributed by atoms with Crippen molar-refractivity contribution in [1.29, 1.82) is 0 Å². The summed E-state index contributed by atoms with van der Waals surface area (Å²) in [6, 6.07) is 9.71. The molecule has 0 heterocycles. The Kier molecular flexibility index (Phi) is 2.93. The van der Waals surface area contributed by atoms with Crippen LogP contribution in [0, 0.1) is 0 Å². The van der Waals surface area contributed by atoms with E-state index in [0.29, 0.717) is 0 Å². The van der Waals surface area contributed by atoms with Crippen molar-refractivity contribution in [2.75, 3.05) is 0 Å². The molecule has 0 spiro atoms. The van der Waals surface area contributed by atoms with Crippen LogP contribution < -0.4 is 5.73 Å². The lowest BCUT2D eigenvalue weighted by Gasteiger charge is -1.87. The summed E-state index contributed by atoms with van der Waals surface area (Å²) in [4.78, 5) is 4.10. The molecule has 2 heteroatoms. The zero-order valence-corrected chi connectivity index (χ0v) is 6.14. The predicted octanol–water partition coefficient (Wildman–Crippen LogP) is 1.86. The van der Waals surface area contributed by atoms with Gasteiger partial charge in [-0.3, -0.25) is 4.99 Å². The van der Waals surface area contributed by atoms with E-state index in [0.717, 1.165) is 5.69 Å². The van der Waals surface area contributed by atoms with E-state index >= 15 is 0 Å². The van der Waals surface area contributed by atoms with E-state index in [1.807, 2.05) is 30.3 Å². The van der Waals surface area contributed by atoms with Crippen LogP contribution in [0.25, 0.3) is 0 Å². The Bertz CT molecular complexity index is 250. The summed E-state index contributed by atoms with van der Waals surface area (Å²) in [5.41, 5.74) is 6.06. The molecule has 0 radical (unpaired) electrons. The molecule has 0 fully saturated rings. The van der Waals surface area contributed by atoms with Crippen LogP contribution in [0.4, 0.5) is 5.69 Å². The second kappa shape index (κ2) is 4.28. The fraction of sp³-hybridized carbons (Fsp3) is 0. The Balaban J connectivity index is 2.64. The maximum absolute atomic E-state index is 5.12. The summed E-state index contributed by atoms with van der Waals surface area (Å²) >= 11 is 0. The zero-order chi connectivity index (χ0) is 7.94. The second-order valence-corrected chi connectivity index (χ2v) is 2.00. The van der Waals surface area contributed by atoms with Gasteiger partial charge >= 0.3 is 0 Å². The standard InChI is InChI=1S/C9H10N2/c10-7-4-8-11-9-5-2-1-3-6-9/h1-8H,10H2. The quantitative estimate of drug-likeness (QED) is 0.635. The predicted molar refractivity (Wildman–Crippen MR) is 47.9 cm³/mol. The van der Waals surface area contributed by atoms with Gasteiger partial charge in [-0.25, -0.2) is 0 Å². The Morgan fingerprint density at radius 2 is 1.91 bits per heavy atom. The van der Waals surface area contributed by atoms with Crippen LogP contribution in [0.3, 0.4) is 0 Å². The van der Waals surface area contributed by atoms with Crippen LogP contribution in [0.1, 0.15) is 0 Å². The van der Waals surface area contributed by atoms with Crippen molar-refractivity contribution in [3.63, 3.8) is 0 Å². The number of rotatable bonds is 2. The molecule has 1 rings (SSSR count). The lowest BCUT2D eigenvalue weighted by molar-refractivity contribution is 1.53. The number of hydrogen-bond acceptors (Lipinski definition) is 2. The van der Waals surface area contributed by atoms with Gasteiger partial charge in [0.25, 0.3) is 0 Å². The highest BCUT2D eigenvalue weighted by molar-refractivity contribution is 5.74. The van der Waals surface area contributed by atoms with E-state index in [9.17, 15) is 0 Å². The summed E-state index contributed by atoms with van der Waals surface area (Å²) in [5.74, 6) is 0. The number of allylic oxidation sites excluding steroid dienone is 1. The molecule has 2 N–H and O–H groups in total. The number of para-hydroxylation sites is 1. The molecule has 0 aromatic heterocycles. The normalized spacial score (nSPS) is 11.3. The van der Waals surface area contributed by atoms with E-state index in [4.69, 9.17) is 5.73 Å². The topological polar surface area (TPSA) is 38.4 Å². The van der Waals surface area contributed by atoms with E-state index in [-0.39, 0.29) is 0 Å². The van der Waals surface area contributed by atoms with Crippen molar-refractivity contribution < 1.29 is 0 Å². The van der Waals surface area contributed by atoms with Crippen LogP contribution in [0.5, 0.6) is 0 Å². The highest BCUT2D eigenvalue weighted by atomic mass is 14.7. The summed E-state index contributed by atoms with van der Waals surface area (Å²) in [5, 5.41) is 0. The molecule has 0 aliphatic heterocycles. The van der Waals surface area contributed by atoms with Crippen LogP contribution in [0.15, 0.2) is 47.6 Å². The van der Waals surface area contributed by atoms with Crippen molar-refractivity contribution in [1.82, 2.24) is 0 Å². The van der Waals surface area contributed by atoms with E-state index in [1.165, 1.54) is 6.20 Å². The number of nitrogens with zero attached hydrogens (tertiary/aromatic N) is 1. The summed E-state index contributed by atoms with van der Waals surface area (Å²) < 4.78 is 0. The van der Waals surface area contributed by atoms with Gasteiger partial charge in [0, 0.05) is 6.21 Å². The third kappa shape index (κ3) is 2.67. The maximum atomic E-state index is 5.12. The van der Waals surface area contributed by atoms with Gasteiger partial charge < -0.3 is 5.73 Å². The highest BCUT2D eigenvalue weighted by Gasteiger charge is 1.79. The van der Waals surface area contributed by atoms with Crippen LogP contribution in [-0.4, -0.2) is 6.21 Å². The van der Waals surface area contributed by atoms with Gasteiger partial charge in [-0.2, -0.15) is 0 Å². The van der Waals surface area contributed by atoms with Crippen molar-refractivity contribution in [3.8, 4) is 0 Å². The molecule has 2 nitrogen and oxygen atoms in total. The molecular weight excluding hydrogens is 136 g/mol. The van der Waals surface area contributed by atoms with Crippen LogP contribution in [-0.2, 0) is 0 Å².